The summed E-state index contributed by atoms with van der Waals surface area (Å²) in [6.45, 7) is 0.0449. The highest BCUT2D eigenvalue weighted by Crippen LogP contribution is 2.29. The van der Waals surface area contributed by atoms with Crippen molar-refractivity contribution >= 4 is 5.97 Å². The van der Waals surface area contributed by atoms with Crippen molar-refractivity contribution in [2.75, 3.05) is 6.61 Å². The lowest BCUT2D eigenvalue weighted by Crippen LogP contribution is -2.28. The van der Waals surface area contributed by atoms with Crippen LogP contribution in [0, 0.1) is 11.7 Å². The molecule has 0 radical (unpaired) electrons. The van der Waals surface area contributed by atoms with Gasteiger partial charge in [0, 0.05) is 0 Å². The molecule has 14 heavy (non-hydrogen) atoms. The quantitative estimate of drug-likeness (QED) is 0.739. The normalized spacial score (nSPS) is 19.6. The Balaban J connectivity index is 2.31. The fraction of sp³-hybridized carbons (Fsp3) is 0.300. The van der Waals surface area contributed by atoms with E-state index in [0.717, 1.165) is 0 Å². The van der Waals surface area contributed by atoms with Crippen LogP contribution in [-0.2, 0) is 11.2 Å². The number of aliphatic carboxylic acids is 1. The van der Waals surface area contributed by atoms with Crippen molar-refractivity contribution in [1.29, 1.82) is 0 Å². The molecule has 3 nitrogen and oxygen atoms in total. The summed E-state index contributed by atoms with van der Waals surface area (Å²) in [7, 11) is 0. The predicted molar refractivity (Wildman–Crippen MR) is 46.7 cm³/mol. The molecule has 0 spiro atoms. The third kappa shape index (κ3) is 1.43. The standard InChI is InChI=1S/C10H9FO3/c11-8-3-1-2-6-4-7(10(12)13)5-14-9(6)8/h1-3,7H,4-5H2,(H,12,13)/t7-/m0/s1. The second-order valence-electron chi connectivity index (χ2n) is 3.28. The zero-order valence-corrected chi connectivity index (χ0v) is 7.37. The van der Waals surface area contributed by atoms with Crippen LogP contribution in [0.25, 0.3) is 0 Å². The molecule has 0 bridgehead atoms. The summed E-state index contributed by atoms with van der Waals surface area (Å²) in [5.41, 5.74) is 0.628. The van der Waals surface area contributed by atoms with Gasteiger partial charge in [-0.05, 0) is 18.1 Å². The lowest BCUT2D eigenvalue weighted by molar-refractivity contribution is -0.143. The molecule has 0 fully saturated rings. The monoisotopic (exact) mass is 196 g/mol. The topological polar surface area (TPSA) is 46.5 Å². The van der Waals surface area contributed by atoms with Crippen molar-refractivity contribution in [2.45, 2.75) is 6.42 Å². The molecule has 0 unspecified atom stereocenters. The Labute approximate surface area is 80.1 Å². The number of benzene rings is 1. The van der Waals surface area contributed by atoms with Crippen LogP contribution in [0.5, 0.6) is 5.75 Å². The lowest BCUT2D eigenvalue weighted by atomic mass is 9.97. The number of para-hydroxylation sites is 1. The summed E-state index contributed by atoms with van der Waals surface area (Å²) in [6.07, 6.45) is 0.336. The number of hydrogen-bond donors (Lipinski definition) is 1. The molecule has 74 valence electrons. The number of ether oxygens (including phenoxy) is 1. The summed E-state index contributed by atoms with van der Waals surface area (Å²) in [5, 5.41) is 8.76. The Hall–Kier alpha value is -1.58. The van der Waals surface area contributed by atoms with E-state index in [0.29, 0.717) is 12.0 Å². The number of carboxylic acid groups (broad SMARTS) is 1. The minimum Gasteiger partial charge on any atom is -0.489 e. The third-order valence-corrected chi connectivity index (χ3v) is 2.29. The molecule has 1 aromatic carbocycles. The van der Waals surface area contributed by atoms with E-state index in [9.17, 15) is 9.18 Å². The first-order valence-electron chi connectivity index (χ1n) is 4.31. The summed E-state index contributed by atoms with van der Waals surface area (Å²) in [4.78, 5) is 10.7. The highest BCUT2D eigenvalue weighted by atomic mass is 19.1. The molecule has 1 heterocycles. The summed E-state index contributed by atoms with van der Waals surface area (Å²) in [6, 6.07) is 4.55. The van der Waals surface area contributed by atoms with Crippen molar-refractivity contribution in [2.24, 2.45) is 5.92 Å². The second-order valence-corrected chi connectivity index (χ2v) is 3.28. The summed E-state index contributed by atoms with van der Waals surface area (Å²) >= 11 is 0. The Bertz CT molecular complexity index is 376. The van der Waals surface area contributed by atoms with Crippen molar-refractivity contribution in [3.63, 3.8) is 0 Å². The fourth-order valence-electron chi connectivity index (χ4n) is 1.54. The molecule has 0 aliphatic carbocycles. The van der Waals surface area contributed by atoms with Crippen LogP contribution in [0.3, 0.4) is 0 Å². The van der Waals surface area contributed by atoms with Gasteiger partial charge in [-0.15, -0.1) is 0 Å². The minimum absolute atomic E-state index is 0.0449. The molecule has 4 heteroatoms. The zero-order chi connectivity index (χ0) is 10.1. The first kappa shape index (κ1) is 8.99. The fourth-order valence-corrected chi connectivity index (χ4v) is 1.54. The van der Waals surface area contributed by atoms with Crippen LogP contribution in [0.4, 0.5) is 4.39 Å². The molecule has 2 rings (SSSR count). The minimum atomic E-state index is -0.903. The highest BCUT2D eigenvalue weighted by Gasteiger charge is 2.26. The van der Waals surface area contributed by atoms with Crippen LogP contribution >= 0.6 is 0 Å². The van der Waals surface area contributed by atoms with E-state index in [1.807, 2.05) is 0 Å². The highest BCUT2D eigenvalue weighted by molar-refractivity contribution is 5.71. The summed E-state index contributed by atoms with van der Waals surface area (Å²) in [5.74, 6) is -1.69. The molecule has 1 aliphatic rings. The summed E-state index contributed by atoms with van der Waals surface area (Å²) < 4.78 is 18.2. The number of halogens is 1. The van der Waals surface area contributed by atoms with Gasteiger partial charge in [-0.2, -0.15) is 0 Å². The van der Waals surface area contributed by atoms with Crippen LogP contribution < -0.4 is 4.74 Å². The Morgan fingerprint density at radius 2 is 2.36 bits per heavy atom. The number of hydrogen-bond acceptors (Lipinski definition) is 2. The number of fused-ring (bicyclic) bond motifs is 1. The van der Waals surface area contributed by atoms with Crippen molar-refractivity contribution in [1.82, 2.24) is 0 Å². The van der Waals surface area contributed by atoms with Gasteiger partial charge in [0.1, 0.15) is 6.61 Å². The van der Waals surface area contributed by atoms with Crippen molar-refractivity contribution in [3.05, 3.63) is 29.6 Å². The Morgan fingerprint density at radius 3 is 3.07 bits per heavy atom. The molecule has 1 aliphatic heterocycles. The predicted octanol–water partition coefficient (Wildman–Crippen LogP) is 1.46. The van der Waals surface area contributed by atoms with E-state index in [4.69, 9.17) is 9.84 Å². The first-order valence-corrected chi connectivity index (χ1v) is 4.31. The largest absolute Gasteiger partial charge is 0.489 e. The van der Waals surface area contributed by atoms with Crippen molar-refractivity contribution in [3.8, 4) is 5.75 Å². The Kier molecular flexibility index (Phi) is 2.11. The SMILES string of the molecule is O=C(O)[C@@H]1COc2c(F)cccc2C1. The first-order chi connectivity index (χ1) is 6.68. The van der Waals surface area contributed by atoms with E-state index < -0.39 is 17.7 Å². The Morgan fingerprint density at radius 1 is 1.57 bits per heavy atom. The van der Waals surface area contributed by atoms with Gasteiger partial charge < -0.3 is 9.84 Å². The van der Waals surface area contributed by atoms with Gasteiger partial charge in [0.25, 0.3) is 0 Å². The third-order valence-electron chi connectivity index (χ3n) is 2.29. The van der Waals surface area contributed by atoms with E-state index in [1.165, 1.54) is 6.07 Å². The molecule has 0 aromatic heterocycles. The van der Waals surface area contributed by atoms with E-state index in [1.54, 1.807) is 12.1 Å². The van der Waals surface area contributed by atoms with Crippen molar-refractivity contribution < 1.29 is 19.0 Å². The number of carbonyl (C=O) groups is 1. The van der Waals surface area contributed by atoms with Crippen LogP contribution in [-0.4, -0.2) is 17.7 Å². The lowest BCUT2D eigenvalue weighted by Gasteiger charge is -2.22. The van der Waals surface area contributed by atoms with Gasteiger partial charge in [-0.3, -0.25) is 4.79 Å². The van der Waals surface area contributed by atoms with Crippen LogP contribution in [0.2, 0.25) is 0 Å². The van der Waals surface area contributed by atoms with Crippen LogP contribution in [0.1, 0.15) is 5.56 Å². The van der Waals surface area contributed by atoms with Gasteiger partial charge in [0.15, 0.2) is 11.6 Å². The maximum Gasteiger partial charge on any atom is 0.310 e. The van der Waals surface area contributed by atoms with Gasteiger partial charge in [-0.25, -0.2) is 4.39 Å². The molecule has 1 aromatic rings. The second kappa shape index (κ2) is 3.29. The van der Waals surface area contributed by atoms with Gasteiger partial charge in [-0.1, -0.05) is 12.1 Å². The smallest absolute Gasteiger partial charge is 0.310 e. The maximum absolute atomic E-state index is 13.1. The number of rotatable bonds is 1. The average Bonchev–Trinajstić information content (AvgIpc) is 2.17. The van der Waals surface area contributed by atoms with Gasteiger partial charge in [0.2, 0.25) is 0 Å². The molecule has 0 saturated carbocycles. The van der Waals surface area contributed by atoms with Crippen LogP contribution in [0.15, 0.2) is 18.2 Å². The van der Waals surface area contributed by atoms with Gasteiger partial charge >= 0.3 is 5.97 Å². The molecule has 0 amide bonds. The molecule has 0 saturated heterocycles. The molecular formula is C10H9FO3. The van der Waals surface area contributed by atoms with E-state index in [2.05, 4.69) is 0 Å². The van der Waals surface area contributed by atoms with Gasteiger partial charge in [0.05, 0.1) is 5.92 Å². The molecular weight excluding hydrogens is 187 g/mol. The van der Waals surface area contributed by atoms with E-state index >= 15 is 0 Å². The molecule has 1 atom stereocenters. The molecule has 1 N–H and O–H groups in total. The number of carboxylic acids is 1. The average molecular weight is 196 g/mol. The zero-order valence-electron chi connectivity index (χ0n) is 7.37. The maximum atomic E-state index is 13.1. The van der Waals surface area contributed by atoms with E-state index in [-0.39, 0.29) is 12.4 Å².